The van der Waals surface area contributed by atoms with E-state index in [1.54, 1.807) is 42.8 Å². The number of benzene rings is 2. The molecule has 0 aliphatic rings. The highest BCUT2D eigenvalue weighted by Crippen LogP contribution is 2.18. The van der Waals surface area contributed by atoms with E-state index in [9.17, 15) is 9.59 Å². The Bertz CT molecular complexity index is 804. The number of hydrogen-bond acceptors (Lipinski definition) is 3. The quantitative estimate of drug-likeness (QED) is 0.693. The molecule has 6 heteroatoms. The molecule has 1 N–H and O–H groups in total. The number of hydrogen-bond donors (Lipinski definition) is 1. The van der Waals surface area contributed by atoms with Crippen molar-refractivity contribution in [1.82, 2.24) is 10.2 Å². The summed E-state index contributed by atoms with van der Waals surface area (Å²) < 4.78 is 0. The minimum atomic E-state index is -0.546. The second kappa shape index (κ2) is 10.5. The Labute approximate surface area is 176 Å². The lowest BCUT2D eigenvalue weighted by Crippen LogP contribution is -2.47. The first-order chi connectivity index (χ1) is 13.3. The fourth-order valence-electron chi connectivity index (χ4n) is 3.07. The molecule has 150 valence electrons. The number of nitrogens with one attached hydrogen (secondary N) is 1. The molecular formula is C22H27ClN2O2S. The molecule has 0 radical (unpaired) electrons. The minimum Gasteiger partial charge on any atom is -0.357 e. The summed E-state index contributed by atoms with van der Waals surface area (Å²) in [4.78, 5) is 26.7. The molecule has 2 rings (SSSR count). The molecule has 0 spiro atoms. The smallest absolute Gasteiger partial charge is 0.242 e. The summed E-state index contributed by atoms with van der Waals surface area (Å²) in [7, 11) is 1.58. The second-order valence-corrected chi connectivity index (χ2v) is 8.35. The van der Waals surface area contributed by atoms with Crippen LogP contribution < -0.4 is 5.32 Å². The second-order valence-electron chi connectivity index (χ2n) is 6.93. The van der Waals surface area contributed by atoms with Crippen molar-refractivity contribution in [3.63, 3.8) is 0 Å². The number of likely N-dealkylation sites (N-methyl/N-ethyl adjacent to an activating group) is 1. The number of nitrogens with zero attached hydrogens (tertiary/aromatic N) is 1. The topological polar surface area (TPSA) is 49.4 Å². The number of rotatable bonds is 8. The van der Waals surface area contributed by atoms with Gasteiger partial charge in [0, 0.05) is 24.4 Å². The van der Waals surface area contributed by atoms with Gasteiger partial charge in [-0.15, -0.1) is 11.8 Å². The Kier molecular flexibility index (Phi) is 8.39. The van der Waals surface area contributed by atoms with Crippen LogP contribution in [-0.4, -0.2) is 35.6 Å². The van der Waals surface area contributed by atoms with E-state index in [1.807, 2.05) is 12.1 Å². The van der Waals surface area contributed by atoms with E-state index in [4.69, 9.17) is 11.6 Å². The zero-order chi connectivity index (χ0) is 20.7. The lowest BCUT2D eigenvalue weighted by Gasteiger charge is -2.28. The zero-order valence-corrected chi connectivity index (χ0v) is 18.4. The van der Waals surface area contributed by atoms with Gasteiger partial charge in [-0.25, -0.2) is 0 Å². The summed E-state index contributed by atoms with van der Waals surface area (Å²) in [6.07, 6.45) is 0. The maximum Gasteiger partial charge on any atom is 0.242 e. The van der Waals surface area contributed by atoms with Crippen molar-refractivity contribution in [2.75, 3.05) is 12.8 Å². The molecule has 0 aliphatic heterocycles. The molecule has 28 heavy (non-hydrogen) atoms. The molecule has 4 nitrogen and oxygen atoms in total. The lowest BCUT2D eigenvalue weighted by atomic mass is 10.1. The molecule has 0 heterocycles. The number of carbonyl (C=O) groups is 2. The van der Waals surface area contributed by atoms with Crippen LogP contribution in [0.4, 0.5) is 0 Å². The van der Waals surface area contributed by atoms with E-state index >= 15 is 0 Å². The van der Waals surface area contributed by atoms with E-state index in [1.165, 1.54) is 16.7 Å². The van der Waals surface area contributed by atoms with E-state index in [0.717, 1.165) is 11.3 Å². The Balaban J connectivity index is 2.05. The fraction of sp³-hybridized carbons (Fsp3) is 0.364. The van der Waals surface area contributed by atoms with Crippen LogP contribution in [0, 0.1) is 13.8 Å². The van der Waals surface area contributed by atoms with Crippen molar-refractivity contribution in [3.05, 3.63) is 69.7 Å². The van der Waals surface area contributed by atoms with Crippen LogP contribution in [0.25, 0.3) is 0 Å². The highest BCUT2D eigenvalue weighted by molar-refractivity contribution is 7.99. The summed E-state index contributed by atoms with van der Waals surface area (Å²) in [5, 5.41) is 3.27. The number of thioether (sulfide) groups is 1. The number of carbonyl (C=O) groups excluding carboxylic acids is 2. The summed E-state index contributed by atoms with van der Waals surface area (Å²) >= 11 is 7.51. The fourth-order valence-corrected chi connectivity index (χ4v) is 4.04. The third kappa shape index (κ3) is 6.57. The van der Waals surface area contributed by atoms with Gasteiger partial charge in [-0.05, 0) is 44.0 Å². The van der Waals surface area contributed by atoms with Gasteiger partial charge in [0.15, 0.2) is 0 Å². The predicted octanol–water partition coefficient (Wildman–Crippen LogP) is 4.35. The first-order valence-corrected chi connectivity index (χ1v) is 10.7. The number of aryl methyl sites for hydroxylation is 2. The molecule has 2 amide bonds. The Morgan fingerprint density at radius 1 is 1.07 bits per heavy atom. The van der Waals surface area contributed by atoms with Gasteiger partial charge in [-0.2, -0.15) is 0 Å². The first-order valence-electron chi connectivity index (χ1n) is 9.20. The van der Waals surface area contributed by atoms with Crippen LogP contribution in [-0.2, 0) is 21.9 Å². The third-order valence-corrected chi connectivity index (χ3v) is 5.70. The van der Waals surface area contributed by atoms with E-state index in [2.05, 4.69) is 37.4 Å². The van der Waals surface area contributed by atoms with Crippen molar-refractivity contribution >= 4 is 35.2 Å². The largest absolute Gasteiger partial charge is 0.357 e. The molecular weight excluding hydrogens is 392 g/mol. The van der Waals surface area contributed by atoms with Gasteiger partial charge in [0.25, 0.3) is 0 Å². The molecule has 0 fully saturated rings. The summed E-state index contributed by atoms with van der Waals surface area (Å²) in [5.74, 6) is 0.848. The lowest BCUT2D eigenvalue weighted by molar-refractivity contribution is -0.138. The van der Waals surface area contributed by atoms with Crippen LogP contribution in [0.1, 0.15) is 29.2 Å². The highest BCUT2D eigenvalue weighted by atomic mass is 35.5. The monoisotopic (exact) mass is 418 g/mol. The van der Waals surface area contributed by atoms with Gasteiger partial charge in [-0.1, -0.05) is 53.1 Å². The Hall–Kier alpha value is -1.98. The summed E-state index contributed by atoms with van der Waals surface area (Å²) in [6.45, 7) is 6.27. The van der Waals surface area contributed by atoms with Crippen molar-refractivity contribution in [1.29, 1.82) is 0 Å². The summed E-state index contributed by atoms with van der Waals surface area (Å²) in [5.41, 5.74) is 4.59. The normalized spacial score (nSPS) is 11.8. The minimum absolute atomic E-state index is 0.0552. The van der Waals surface area contributed by atoms with E-state index in [-0.39, 0.29) is 11.8 Å². The van der Waals surface area contributed by atoms with Gasteiger partial charge < -0.3 is 10.2 Å². The SMILES string of the molecule is CNC(=O)[C@H](C)N(Cc1ccc(Cl)cc1)C(=O)CSCc1cc(C)cc(C)c1. The molecule has 0 saturated heterocycles. The van der Waals surface area contributed by atoms with Gasteiger partial charge in [0.1, 0.15) is 6.04 Å². The van der Waals surface area contributed by atoms with Gasteiger partial charge >= 0.3 is 0 Å². The van der Waals surface area contributed by atoms with E-state index in [0.29, 0.717) is 17.3 Å². The third-order valence-electron chi connectivity index (χ3n) is 4.46. The maximum atomic E-state index is 12.9. The van der Waals surface area contributed by atoms with Crippen LogP contribution in [0.2, 0.25) is 5.02 Å². The van der Waals surface area contributed by atoms with Crippen LogP contribution in [0.5, 0.6) is 0 Å². The average molecular weight is 419 g/mol. The molecule has 0 unspecified atom stereocenters. The Morgan fingerprint density at radius 3 is 2.25 bits per heavy atom. The van der Waals surface area contributed by atoms with Gasteiger partial charge in [-0.3, -0.25) is 9.59 Å². The van der Waals surface area contributed by atoms with Gasteiger partial charge in [0.2, 0.25) is 11.8 Å². The van der Waals surface area contributed by atoms with Gasteiger partial charge in [0.05, 0.1) is 5.75 Å². The van der Waals surface area contributed by atoms with Crippen molar-refractivity contribution in [2.45, 2.75) is 39.1 Å². The number of halogens is 1. The standard InChI is InChI=1S/C22H27ClN2O2S/c1-15-9-16(2)11-19(10-15)13-28-14-21(26)25(17(3)22(27)24-4)12-18-5-7-20(23)8-6-18/h5-11,17H,12-14H2,1-4H3,(H,24,27)/t17-/m0/s1. The Morgan fingerprint density at radius 2 is 1.68 bits per heavy atom. The predicted molar refractivity (Wildman–Crippen MR) is 118 cm³/mol. The molecule has 0 aliphatic carbocycles. The molecule has 2 aromatic rings. The van der Waals surface area contributed by atoms with E-state index < -0.39 is 6.04 Å². The van der Waals surface area contributed by atoms with Crippen molar-refractivity contribution in [3.8, 4) is 0 Å². The zero-order valence-electron chi connectivity index (χ0n) is 16.8. The summed E-state index contributed by atoms with van der Waals surface area (Å²) in [6, 6.07) is 13.2. The maximum absolute atomic E-state index is 12.9. The molecule has 0 bridgehead atoms. The highest BCUT2D eigenvalue weighted by Gasteiger charge is 2.25. The molecule has 2 aromatic carbocycles. The molecule has 1 atom stereocenters. The first kappa shape index (κ1) is 22.3. The average Bonchev–Trinajstić information content (AvgIpc) is 2.65. The van der Waals surface area contributed by atoms with Crippen LogP contribution in [0.15, 0.2) is 42.5 Å². The van der Waals surface area contributed by atoms with Crippen molar-refractivity contribution in [2.24, 2.45) is 0 Å². The van der Waals surface area contributed by atoms with Crippen LogP contribution in [0.3, 0.4) is 0 Å². The van der Waals surface area contributed by atoms with Crippen LogP contribution >= 0.6 is 23.4 Å². The number of amides is 2. The van der Waals surface area contributed by atoms with Crippen molar-refractivity contribution < 1.29 is 9.59 Å². The molecule has 0 saturated carbocycles. The molecule has 0 aromatic heterocycles.